The normalized spacial score (nSPS) is 10.7. The van der Waals surface area contributed by atoms with E-state index in [4.69, 9.17) is 26.8 Å². The molecule has 10 nitrogen and oxygen atoms in total. The van der Waals surface area contributed by atoms with Crippen LogP contribution in [0.2, 0.25) is 5.02 Å². The van der Waals surface area contributed by atoms with E-state index in [-0.39, 0.29) is 26.8 Å². The van der Waals surface area contributed by atoms with Crippen LogP contribution in [0.4, 0.5) is 34.6 Å². The lowest BCUT2D eigenvalue weighted by Gasteiger charge is -2.19. The maximum Gasteiger partial charge on any atom is 0.137 e. The highest BCUT2D eigenvalue weighted by Gasteiger charge is 2.21. The van der Waals surface area contributed by atoms with Gasteiger partial charge in [0.25, 0.3) is 0 Å². The number of hydrogen-bond donors (Lipinski definition) is 2. The first kappa shape index (κ1) is 47.0. The third-order valence-electron chi connectivity index (χ3n) is 10.9. The smallest absolute Gasteiger partial charge is 0.137 e. The highest BCUT2D eigenvalue weighted by atomic mass is 35.5. The van der Waals surface area contributed by atoms with Crippen LogP contribution in [0.5, 0.6) is 11.5 Å². The fraction of sp³-hybridized carbons (Fsp3) is 0.0741. The van der Waals surface area contributed by atoms with Gasteiger partial charge in [0.2, 0.25) is 0 Å². The Morgan fingerprint density at radius 2 is 0.986 bits per heavy atom. The molecule has 69 heavy (non-hydrogen) atoms. The molecule has 4 aromatic carbocycles. The number of nitrogens with zero attached hydrogens (tertiary/aromatic N) is 6. The van der Waals surface area contributed by atoms with Gasteiger partial charge in [-0.25, -0.2) is 27.5 Å². The number of benzene rings is 4. The van der Waals surface area contributed by atoms with E-state index in [0.29, 0.717) is 62.4 Å². The molecule has 6 aromatic heterocycles. The molecule has 0 aliphatic heterocycles. The second-order valence-electron chi connectivity index (χ2n) is 15.2. The van der Waals surface area contributed by atoms with Gasteiger partial charge in [-0.15, -0.1) is 0 Å². The van der Waals surface area contributed by atoms with Crippen molar-refractivity contribution in [2.45, 2.75) is 13.8 Å². The van der Waals surface area contributed by atoms with Crippen molar-refractivity contribution in [3.8, 4) is 56.8 Å². The standard InChI is InChI=1S/C27H20F2N4O.C15H9ClF2N2.C12H12N2O/c1-16-25(20-9-5-6-12-30-20)33-22-15-17(28)14-19(29)24(22)26(16)32-21-10-7-13-31-27(21)18-8-3-4-11-23(18)34-2;1-8-14(16)13-10(18)6-9(17)7-12(13)20-15(8)11-4-2-3-5-19-11;1-15-11-7-3-2-5-9(11)12-10(13)6-4-8-14-12/h3-15H,1-2H3,(H,32,33);2-7H,1H3;2-8H,13H2,1H3. The van der Waals surface area contributed by atoms with Crippen LogP contribution in [0, 0.1) is 37.1 Å². The summed E-state index contributed by atoms with van der Waals surface area (Å²) < 4.78 is 67.2. The monoisotopic (exact) mass is 944 g/mol. The van der Waals surface area contributed by atoms with Crippen LogP contribution < -0.4 is 20.5 Å². The second-order valence-corrected chi connectivity index (χ2v) is 15.6. The number of fused-ring (bicyclic) bond motifs is 2. The highest BCUT2D eigenvalue weighted by Crippen LogP contribution is 2.40. The Bertz CT molecular complexity index is 3460. The SMILES string of the molecule is COc1ccccc1-c1ncccc1N.COc1ccccc1-c1ncccc1Nc1c(C)c(-c2ccccn2)nc2cc(F)cc(F)c12.Cc1c(-c2ccccn2)nc2cc(F)cc(F)c2c1Cl. The van der Waals surface area contributed by atoms with E-state index >= 15 is 4.39 Å². The number of rotatable bonds is 8. The first-order valence-corrected chi connectivity index (χ1v) is 21.6. The van der Waals surface area contributed by atoms with Gasteiger partial charge in [-0.2, -0.15) is 0 Å². The predicted molar refractivity (Wildman–Crippen MR) is 264 cm³/mol. The number of ether oxygens (including phenoxy) is 2. The van der Waals surface area contributed by atoms with Crippen molar-refractivity contribution in [1.82, 2.24) is 29.9 Å². The highest BCUT2D eigenvalue weighted by molar-refractivity contribution is 6.36. The Balaban J connectivity index is 0.000000155. The number of nitrogens with two attached hydrogens (primary N) is 1. The summed E-state index contributed by atoms with van der Waals surface area (Å²) in [5.74, 6) is -1.37. The molecule has 0 bridgehead atoms. The summed E-state index contributed by atoms with van der Waals surface area (Å²) in [6.07, 6.45) is 6.68. The van der Waals surface area contributed by atoms with Crippen molar-refractivity contribution in [3.63, 3.8) is 0 Å². The maximum absolute atomic E-state index is 15.1. The summed E-state index contributed by atoms with van der Waals surface area (Å²) in [4.78, 5) is 26.3. The molecular weight excluding hydrogens is 904 g/mol. The van der Waals surface area contributed by atoms with Crippen LogP contribution in [0.3, 0.4) is 0 Å². The number of pyridine rings is 6. The quantitative estimate of drug-likeness (QED) is 0.142. The van der Waals surface area contributed by atoms with Crippen molar-refractivity contribution in [2.75, 3.05) is 25.3 Å². The van der Waals surface area contributed by atoms with Crippen LogP contribution in [0.25, 0.3) is 67.1 Å². The molecule has 0 unspecified atom stereocenters. The van der Waals surface area contributed by atoms with Crippen molar-refractivity contribution in [3.05, 3.63) is 198 Å². The number of halogens is 5. The first-order valence-electron chi connectivity index (χ1n) is 21.2. The molecule has 344 valence electrons. The average Bonchev–Trinajstić information content (AvgIpc) is 3.36. The third kappa shape index (κ3) is 10.1. The Labute approximate surface area is 399 Å². The van der Waals surface area contributed by atoms with Gasteiger partial charge in [0.15, 0.2) is 0 Å². The zero-order chi connectivity index (χ0) is 48.6. The average molecular weight is 945 g/mol. The molecule has 10 rings (SSSR count). The lowest BCUT2D eigenvalue weighted by atomic mass is 10.0. The molecule has 6 heterocycles. The minimum atomic E-state index is -0.715. The lowest BCUT2D eigenvalue weighted by Crippen LogP contribution is -2.04. The van der Waals surface area contributed by atoms with E-state index in [1.807, 2.05) is 91.9 Å². The van der Waals surface area contributed by atoms with Gasteiger partial charge in [0, 0.05) is 65.7 Å². The number of aromatic nitrogens is 6. The largest absolute Gasteiger partial charge is 0.496 e. The number of methoxy groups -OCH3 is 2. The van der Waals surface area contributed by atoms with Gasteiger partial charge >= 0.3 is 0 Å². The summed E-state index contributed by atoms with van der Waals surface area (Å²) in [6, 6.07) is 37.4. The van der Waals surface area contributed by atoms with Crippen molar-refractivity contribution < 1.29 is 27.0 Å². The summed E-state index contributed by atoms with van der Waals surface area (Å²) in [7, 11) is 3.23. The van der Waals surface area contributed by atoms with Crippen molar-refractivity contribution >= 4 is 50.5 Å². The second kappa shape index (κ2) is 21.0. The van der Waals surface area contributed by atoms with Gasteiger partial charge in [-0.3, -0.25) is 19.9 Å². The zero-order valence-corrected chi connectivity index (χ0v) is 38.2. The Hall–Kier alpha value is -8.49. The van der Waals surface area contributed by atoms with Gasteiger partial charge in [0.1, 0.15) is 34.8 Å². The molecule has 3 N–H and O–H groups in total. The molecule has 15 heteroatoms. The van der Waals surface area contributed by atoms with Crippen molar-refractivity contribution in [2.24, 2.45) is 0 Å². The van der Waals surface area contributed by atoms with E-state index in [9.17, 15) is 13.2 Å². The van der Waals surface area contributed by atoms with E-state index in [1.165, 1.54) is 6.07 Å². The minimum Gasteiger partial charge on any atom is -0.496 e. The molecule has 0 saturated carbocycles. The Morgan fingerprint density at radius 3 is 1.54 bits per heavy atom. The van der Waals surface area contributed by atoms with Crippen molar-refractivity contribution in [1.29, 1.82) is 0 Å². The Kier molecular flexibility index (Phi) is 14.3. The molecule has 0 spiro atoms. The van der Waals surface area contributed by atoms with Gasteiger partial charge < -0.3 is 20.5 Å². The van der Waals surface area contributed by atoms with Crippen LogP contribution in [-0.2, 0) is 0 Å². The van der Waals surface area contributed by atoms with Crippen LogP contribution in [0.15, 0.2) is 158 Å². The molecule has 0 aliphatic rings. The zero-order valence-electron chi connectivity index (χ0n) is 37.5. The molecular formula is C54H41ClF4N8O2. The molecule has 0 radical (unpaired) electrons. The summed E-state index contributed by atoms with van der Waals surface area (Å²) in [6.45, 7) is 3.57. The number of nitrogen functional groups attached to an aromatic ring is 1. The number of para-hydroxylation sites is 2. The molecule has 0 fully saturated rings. The number of hydrogen-bond acceptors (Lipinski definition) is 10. The fourth-order valence-corrected chi connectivity index (χ4v) is 7.88. The van der Waals surface area contributed by atoms with E-state index in [1.54, 1.807) is 70.2 Å². The Morgan fingerprint density at radius 1 is 0.507 bits per heavy atom. The van der Waals surface area contributed by atoms with Gasteiger partial charge in [-0.1, -0.05) is 48.0 Å². The van der Waals surface area contributed by atoms with Gasteiger partial charge in [-0.05, 0) is 92.2 Å². The van der Waals surface area contributed by atoms with Crippen LogP contribution in [-0.4, -0.2) is 44.1 Å². The predicted octanol–water partition coefficient (Wildman–Crippen LogP) is 13.6. The number of anilines is 3. The number of nitrogens with one attached hydrogen (secondary N) is 1. The van der Waals surface area contributed by atoms with Crippen LogP contribution in [0.1, 0.15) is 11.1 Å². The lowest BCUT2D eigenvalue weighted by molar-refractivity contribution is 0.416. The van der Waals surface area contributed by atoms with E-state index in [2.05, 4.69) is 35.2 Å². The molecule has 0 aliphatic carbocycles. The minimum absolute atomic E-state index is 0.130. The maximum atomic E-state index is 15.1. The molecule has 10 aromatic rings. The molecule has 0 saturated heterocycles. The van der Waals surface area contributed by atoms with Gasteiger partial charge in [0.05, 0.1) is 92.3 Å². The summed E-state index contributed by atoms with van der Waals surface area (Å²) in [5.41, 5.74) is 14.6. The third-order valence-corrected chi connectivity index (χ3v) is 11.3. The molecule has 0 atom stereocenters. The molecule has 0 amide bonds. The van der Waals surface area contributed by atoms with Crippen LogP contribution >= 0.6 is 11.6 Å². The van der Waals surface area contributed by atoms with E-state index < -0.39 is 23.3 Å². The first-order chi connectivity index (χ1) is 33.5. The topological polar surface area (TPSA) is 134 Å². The fourth-order valence-electron chi connectivity index (χ4n) is 7.61. The summed E-state index contributed by atoms with van der Waals surface area (Å²) in [5, 5.41) is 3.90. The summed E-state index contributed by atoms with van der Waals surface area (Å²) >= 11 is 6.21. The van der Waals surface area contributed by atoms with E-state index in [0.717, 1.165) is 40.8 Å².